The summed E-state index contributed by atoms with van der Waals surface area (Å²) in [5.74, 6) is -6.00. The number of carbonyl (C=O) groups is 4. The molecule has 348 valence electrons. The molecule has 6 rings (SSSR count). The molecule has 5 atom stereocenters. The van der Waals surface area contributed by atoms with Gasteiger partial charge in [0.05, 0.1) is 23.7 Å². The van der Waals surface area contributed by atoms with E-state index < -0.39 is 35.7 Å². The van der Waals surface area contributed by atoms with Gasteiger partial charge in [0, 0.05) is 15.1 Å². The van der Waals surface area contributed by atoms with Crippen LogP contribution in [0.4, 0.5) is 0 Å². The van der Waals surface area contributed by atoms with Gasteiger partial charge < -0.3 is 20.4 Å². The average Bonchev–Trinajstić information content (AvgIpc) is 3.31. The summed E-state index contributed by atoms with van der Waals surface area (Å²) in [5.41, 5.74) is 6.43. The van der Waals surface area contributed by atoms with Gasteiger partial charge in [0.2, 0.25) is 0 Å². The molecule has 0 unspecified atom stereocenters. The zero-order chi connectivity index (χ0) is 48.4. The van der Waals surface area contributed by atoms with Gasteiger partial charge in [-0.15, -0.1) is 0 Å². The number of halogens is 4. The van der Waals surface area contributed by atoms with Crippen molar-refractivity contribution in [2.45, 2.75) is 56.8 Å². The van der Waals surface area contributed by atoms with E-state index in [2.05, 4.69) is 139 Å². The molecule has 8 nitrogen and oxygen atoms in total. The van der Waals surface area contributed by atoms with Gasteiger partial charge in [0.25, 0.3) is 0 Å². The maximum Gasteiger partial charge on any atom is 0.307 e. The van der Waals surface area contributed by atoms with Gasteiger partial charge in [-0.2, -0.15) is 0 Å². The summed E-state index contributed by atoms with van der Waals surface area (Å²) in [6.45, 7) is 3.93. The van der Waals surface area contributed by atoms with Crippen LogP contribution >= 0.6 is 90.4 Å². The molecule has 0 aromatic heterocycles. The topological polar surface area (TPSA) is 149 Å². The summed E-state index contributed by atoms with van der Waals surface area (Å²) < 4.78 is 4.66. The summed E-state index contributed by atoms with van der Waals surface area (Å²) in [4.78, 5) is 45.6. The van der Waals surface area contributed by atoms with E-state index in [0.29, 0.717) is 19.3 Å². The predicted octanol–water partition coefficient (Wildman–Crippen LogP) is 13.5. The van der Waals surface area contributed by atoms with E-state index in [-0.39, 0.29) is 30.6 Å². The molecule has 66 heavy (non-hydrogen) atoms. The third-order valence-corrected chi connectivity index (χ3v) is 13.8. The van der Waals surface area contributed by atoms with E-state index in [4.69, 9.17) is 5.11 Å². The minimum absolute atomic E-state index is 0.0998. The van der Waals surface area contributed by atoms with E-state index in [1.54, 1.807) is 0 Å². The second kappa shape index (κ2) is 31.2. The van der Waals surface area contributed by atoms with Crippen molar-refractivity contribution in [2.24, 2.45) is 29.6 Å². The van der Waals surface area contributed by atoms with Crippen molar-refractivity contribution in [3.05, 3.63) is 208 Å². The quantitative estimate of drug-likeness (QED) is 0.0491. The molecule has 0 saturated heterocycles. The molecule has 0 saturated carbocycles. The second-order valence-corrected chi connectivity index (χ2v) is 20.2. The van der Waals surface area contributed by atoms with Crippen molar-refractivity contribution < 1.29 is 39.6 Å². The normalized spacial score (nSPS) is 12.7. The van der Waals surface area contributed by atoms with Crippen LogP contribution in [0.2, 0.25) is 0 Å². The maximum atomic E-state index is 11.6. The molecule has 0 aliphatic carbocycles. The number of carboxylic acid groups (broad SMARTS) is 4. The van der Waals surface area contributed by atoms with Gasteiger partial charge in [-0.3, -0.25) is 19.2 Å². The minimum Gasteiger partial charge on any atom is -0.481 e. The first-order valence-corrected chi connectivity index (χ1v) is 26.2. The zero-order valence-corrected chi connectivity index (χ0v) is 45.5. The van der Waals surface area contributed by atoms with Crippen molar-refractivity contribution in [3.63, 3.8) is 0 Å². The van der Waals surface area contributed by atoms with Crippen LogP contribution in [0.3, 0.4) is 0 Å². The lowest BCUT2D eigenvalue weighted by Crippen LogP contribution is -2.33. The van der Waals surface area contributed by atoms with Crippen molar-refractivity contribution in [3.8, 4) is 0 Å². The molecule has 6 aromatic rings. The Kier molecular flexibility index (Phi) is 26.7. The fourth-order valence-electron chi connectivity index (χ4n) is 6.96. The molecule has 12 heteroatoms. The predicted molar refractivity (Wildman–Crippen MR) is 297 cm³/mol. The standard InChI is InChI=1S/C18H17IO4.C18H19IO2.C11H14O2.C7H6I2/c19-14-8-6-13(7-9-14)11-16(18(22)23)15(17(20)21)10-12-4-2-1-3-5-12;1-13(11-15-7-9-16(19)10-8-15)17(18(20)21)12-14-5-3-2-4-6-14;1-2-10(11(12)13)8-9-6-4-3-5-7-9;8-5-6-1-3-7(9)4-2-6/h1-9,15-16H,10-11H2,(H,20,21)(H,22,23);2-10,13,17H,11-12H2,1H3,(H,20,21);3-7,10H,2,8H2,1H3,(H,12,13);1-4H,5H2/t15-,16-;13-,17-;10-;/m001./s1. The van der Waals surface area contributed by atoms with Gasteiger partial charge in [-0.1, -0.05) is 164 Å². The third kappa shape index (κ3) is 21.8. The largest absolute Gasteiger partial charge is 0.481 e. The van der Waals surface area contributed by atoms with Gasteiger partial charge in [0.15, 0.2) is 0 Å². The van der Waals surface area contributed by atoms with E-state index in [9.17, 15) is 34.5 Å². The van der Waals surface area contributed by atoms with Crippen LogP contribution in [0.15, 0.2) is 164 Å². The van der Waals surface area contributed by atoms with Crippen LogP contribution in [-0.2, 0) is 55.7 Å². The second-order valence-electron chi connectivity index (χ2n) is 15.7. The van der Waals surface area contributed by atoms with Gasteiger partial charge in [0.1, 0.15) is 0 Å². The SMILES string of the molecule is CC[C@H](Cc1ccccc1)C(=O)O.C[C@@H](Cc1ccc(I)cc1)[C@H](Cc1ccccc1)C(=O)O.ICc1ccc(I)cc1.O=C(O)[C@@H](Cc1ccccc1)[C@H](Cc1ccc(I)cc1)C(=O)O. The Morgan fingerprint density at radius 2 is 0.682 bits per heavy atom. The molecule has 0 aliphatic heterocycles. The van der Waals surface area contributed by atoms with E-state index in [1.165, 1.54) is 18.3 Å². The van der Waals surface area contributed by atoms with Crippen LogP contribution in [0.1, 0.15) is 53.6 Å². The fraction of sp³-hybridized carbons (Fsp3) is 0.259. The van der Waals surface area contributed by atoms with Crippen LogP contribution in [0.25, 0.3) is 0 Å². The molecule has 6 aromatic carbocycles. The van der Waals surface area contributed by atoms with Gasteiger partial charge in [-0.05, 0) is 182 Å². The number of alkyl halides is 1. The lowest BCUT2D eigenvalue weighted by Gasteiger charge is -2.20. The van der Waals surface area contributed by atoms with Crippen molar-refractivity contribution in [1.82, 2.24) is 0 Å². The van der Waals surface area contributed by atoms with Crippen molar-refractivity contribution in [1.29, 1.82) is 0 Å². The highest BCUT2D eigenvalue weighted by Gasteiger charge is 2.34. The molecule has 4 N–H and O–H groups in total. The molecule has 0 fully saturated rings. The number of hydrogen-bond donors (Lipinski definition) is 4. The first-order valence-electron chi connectivity index (χ1n) is 21.4. The minimum atomic E-state index is -1.08. The highest BCUT2D eigenvalue weighted by atomic mass is 127. The maximum absolute atomic E-state index is 11.6. The van der Waals surface area contributed by atoms with Crippen molar-refractivity contribution >= 4 is 114 Å². The molecule has 0 bridgehead atoms. The Labute approximate surface area is 443 Å². The number of benzene rings is 6. The van der Waals surface area contributed by atoms with Crippen LogP contribution in [0.5, 0.6) is 0 Å². The molecule has 0 amide bonds. The zero-order valence-electron chi connectivity index (χ0n) is 36.9. The summed E-state index contributed by atoms with van der Waals surface area (Å²) in [5, 5.41) is 37.4. The molecular formula is C54H56I4O8. The first-order chi connectivity index (χ1) is 31.6. The Hall–Kier alpha value is -3.88. The van der Waals surface area contributed by atoms with E-state index >= 15 is 0 Å². The highest BCUT2D eigenvalue weighted by molar-refractivity contribution is 14.1. The van der Waals surface area contributed by atoms with Gasteiger partial charge >= 0.3 is 23.9 Å². The first kappa shape index (κ1) is 56.4. The molecule has 0 heterocycles. The average molecular weight is 1340 g/mol. The Balaban J connectivity index is 0.000000247. The lowest BCUT2D eigenvalue weighted by atomic mass is 9.83. The fourth-order valence-corrected chi connectivity index (χ4v) is 8.55. The Bertz CT molecular complexity index is 2330. The Morgan fingerprint density at radius 1 is 0.394 bits per heavy atom. The van der Waals surface area contributed by atoms with Crippen LogP contribution in [-0.4, -0.2) is 44.3 Å². The lowest BCUT2D eigenvalue weighted by molar-refractivity contribution is -0.153. The number of carboxylic acids is 4. The summed E-state index contributed by atoms with van der Waals surface area (Å²) in [6.07, 6.45) is 3.10. The summed E-state index contributed by atoms with van der Waals surface area (Å²) in [6, 6.07) is 53.1. The number of hydrogen-bond acceptors (Lipinski definition) is 4. The number of aliphatic carboxylic acids is 4. The third-order valence-electron chi connectivity index (χ3n) is 10.8. The Morgan fingerprint density at radius 3 is 0.985 bits per heavy atom. The summed E-state index contributed by atoms with van der Waals surface area (Å²) in [7, 11) is 0. The highest BCUT2D eigenvalue weighted by Crippen LogP contribution is 2.25. The monoisotopic (exact) mass is 1340 g/mol. The van der Waals surface area contributed by atoms with Crippen molar-refractivity contribution in [2.75, 3.05) is 0 Å². The molecule has 0 spiro atoms. The van der Waals surface area contributed by atoms with Crippen LogP contribution in [0, 0.1) is 40.3 Å². The molecule has 0 radical (unpaired) electrons. The van der Waals surface area contributed by atoms with E-state index in [0.717, 1.165) is 36.7 Å². The smallest absolute Gasteiger partial charge is 0.307 e. The van der Waals surface area contributed by atoms with E-state index in [1.807, 2.05) is 129 Å². The summed E-state index contributed by atoms with van der Waals surface area (Å²) >= 11 is 9.12. The van der Waals surface area contributed by atoms with Crippen LogP contribution < -0.4 is 0 Å². The number of rotatable bonds is 18. The van der Waals surface area contributed by atoms with Gasteiger partial charge in [-0.25, -0.2) is 0 Å². The molecular weight excluding hydrogens is 1280 g/mol. The molecule has 0 aliphatic rings.